The molecule has 1 N–H and O–H groups in total. The fourth-order valence-electron chi connectivity index (χ4n) is 3.99. The molecule has 132 valence electrons. The van der Waals surface area contributed by atoms with Gasteiger partial charge in [-0.3, -0.25) is 9.69 Å². The molecular formula is C18H23N5OS. The minimum atomic E-state index is -0.359. The van der Waals surface area contributed by atoms with Crippen LogP contribution in [0.25, 0.3) is 10.9 Å². The number of amides is 1. The molecule has 25 heavy (non-hydrogen) atoms. The summed E-state index contributed by atoms with van der Waals surface area (Å²) in [7, 11) is 2.07. The van der Waals surface area contributed by atoms with Crippen molar-refractivity contribution in [3.05, 3.63) is 24.5 Å². The number of anilines is 1. The topological polar surface area (TPSA) is 61.4 Å². The minimum Gasteiger partial charge on any atom is -0.356 e. The molecule has 2 aliphatic heterocycles. The first kappa shape index (κ1) is 16.6. The zero-order chi connectivity index (χ0) is 17.4. The number of piperazine rings is 1. The van der Waals surface area contributed by atoms with Crippen molar-refractivity contribution >= 4 is 34.4 Å². The molecular weight excluding hydrogens is 334 g/mol. The third-order valence-electron chi connectivity index (χ3n) is 5.60. The standard InChI is InChI=1S/C18H23N5OS/c1-22-10-7-19-17(24)18(22)5-8-23(9-6-18)16-14-11-13(25-2)3-4-15(14)20-12-21-16/h3-4,11-12H,5-10H2,1-2H3,(H,19,24). The molecule has 1 aromatic heterocycles. The van der Waals surface area contributed by atoms with Crippen LogP contribution in [0.1, 0.15) is 12.8 Å². The van der Waals surface area contributed by atoms with Gasteiger partial charge in [0.05, 0.1) is 5.52 Å². The number of hydrogen-bond acceptors (Lipinski definition) is 6. The molecule has 7 heteroatoms. The normalized spacial score (nSPS) is 20.9. The number of carbonyl (C=O) groups is 1. The van der Waals surface area contributed by atoms with E-state index in [1.807, 2.05) is 0 Å². The predicted molar refractivity (Wildman–Crippen MR) is 101 cm³/mol. The molecule has 0 radical (unpaired) electrons. The number of piperidine rings is 1. The van der Waals surface area contributed by atoms with Gasteiger partial charge in [0, 0.05) is 36.5 Å². The highest BCUT2D eigenvalue weighted by atomic mass is 32.2. The second-order valence-corrected chi connectivity index (χ2v) is 7.66. The molecule has 2 aromatic rings. The van der Waals surface area contributed by atoms with Crippen LogP contribution in [0.5, 0.6) is 0 Å². The zero-order valence-electron chi connectivity index (χ0n) is 14.7. The summed E-state index contributed by atoms with van der Waals surface area (Å²) < 4.78 is 0. The van der Waals surface area contributed by atoms with Gasteiger partial charge in [0.15, 0.2) is 0 Å². The first-order valence-corrected chi connectivity index (χ1v) is 9.90. The first-order valence-electron chi connectivity index (χ1n) is 8.67. The summed E-state index contributed by atoms with van der Waals surface area (Å²) in [6.45, 7) is 3.31. The van der Waals surface area contributed by atoms with E-state index in [9.17, 15) is 4.79 Å². The summed E-state index contributed by atoms with van der Waals surface area (Å²) in [5, 5.41) is 4.13. The third kappa shape index (κ3) is 2.75. The molecule has 0 saturated carbocycles. The first-order chi connectivity index (χ1) is 12.1. The molecule has 0 atom stereocenters. The molecule has 2 aliphatic rings. The van der Waals surface area contributed by atoms with Crippen LogP contribution in [0.4, 0.5) is 5.82 Å². The number of fused-ring (bicyclic) bond motifs is 1. The number of nitrogens with one attached hydrogen (secondary N) is 1. The van der Waals surface area contributed by atoms with E-state index in [1.165, 1.54) is 4.90 Å². The average molecular weight is 357 g/mol. The van der Waals surface area contributed by atoms with Crippen LogP contribution < -0.4 is 10.2 Å². The highest BCUT2D eigenvalue weighted by Gasteiger charge is 2.46. The van der Waals surface area contributed by atoms with E-state index in [0.29, 0.717) is 0 Å². The SMILES string of the molecule is CSc1ccc2ncnc(N3CCC4(CC3)C(=O)NCCN4C)c2c1. The Balaban J connectivity index is 1.63. The van der Waals surface area contributed by atoms with E-state index >= 15 is 0 Å². The lowest BCUT2D eigenvalue weighted by atomic mass is 9.83. The van der Waals surface area contributed by atoms with E-state index in [0.717, 1.165) is 55.7 Å². The highest BCUT2D eigenvalue weighted by molar-refractivity contribution is 7.98. The van der Waals surface area contributed by atoms with Crippen molar-refractivity contribution in [3.63, 3.8) is 0 Å². The number of likely N-dealkylation sites (N-methyl/N-ethyl adjacent to an activating group) is 1. The van der Waals surface area contributed by atoms with Gasteiger partial charge in [-0.15, -0.1) is 11.8 Å². The fraction of sp³-hybridized carbons (Fsp3) is 0.500. The Morgan fingerprint density at radius 2 is 2.00 bits per heavy atom. The fourth-order valence-corrected chi connectivity index (χ4v) is 4.43. The van der Waals surface area contributed by atoms with Crippen molar-refractivity contribution < 1.29 is 4.79 Å². The predicted octanol–water partition coefficient (Wildman–Crippen LogP) is 1.75. The van der Waals surface area contributed by atoms with Gasteiger partial charge in [0.25, 0.3) is 0 Å². The van der Waals surface area contributed by atoms with Crippen molar-refractivity contribution in [2.24, 2.45) is 0 Å². The van der Waals surface area contributed by atoms with E-state index in [-0.39, 0.29) is 11.4 Å². The summed E-state index contributed by atoms with van der Waals surface area (Å²) in [4.78, 5) is 27.2. The number of aromatic nitrogens is 2. The molecule has 0 aliphatic carbocycles. The number of thioether (sulfide) groups is 1. The lowest BCUT2D eigenvalue weighted by molar-refractivity contribution is -0.137. The number of hydrogen-bond donors (Lipinski definition) is 1. The Kier molecular flexibility index (Phi) is 4.29. The van der Waals surface area contributed by atoms with Gasteiger partial charge in [0.2, 0.25) is 5.91 Å². The second kappa shape index (κ2) is 6.46. The Bertz CT molecular complexity index is 803. The van der Waals surface area contributed by atoms with Crippen LogP contribution in [0.3, 0.4) is 0 Å². The quantitative estimate of drug-likeness (QED) is 0.827. The van der Waals surface area contributed by atoms with Crippen molar-refractivity contribution in [2.45, 2.75) is 23.3 Å². The van der Waals surface area contributed by atoms with Crippen molar-refractivity contribution in [1.29, 1.82) is 0 Å². The Morgan fingerprint density at radius 3 is 2.72 bits per heavy atom. The average Bonchev–Trinajstić information content (AvgIpc) is 2.66. The Hall–Kier alpha value is -1.86. The van der Waals surface area contributed by atoms with Crippen LogP contribution in [0, 0.1) is 0 Å². The smallest absolute Gasteiger partial charge is 0.240 e. The maximum absolute atomic E-state index is 12.5. The molecule has 0 unspecified atom stereocenters. The number of carbonyl (C=O) groups excluding carboxylic acids is 1. The van der Waals surface area contributed by atoms with E-state index in [4.69, 9.17) is 0 Å². The second-order valence-electron chi connectivity index (χ2n) is 6.78. The van der Waals surface area contributed by atoms with Gasteiger partial charge >= 0.3 is 0 Å². The molecule has 3 heterocycles. The van der Waals surface area contributed by atoms with Crippen molar-refractivity contribution in [3.8, 4) is 0 Å². The van der Waals surface area contributed by atoms with Gasteiger partial charge < -0.3 is 10.2 Å². The van der Waals surface area contributed by atoms with Gasteiger partial charge in [-0.05, 0) is 44.3 Å². The lowest BCUT2D eigenvalue weighted by Gasteiger charge is -2.48. The number of nitrogens with zero attached hydrogens (tertiary/aromatic N) is 4. The van der Waals surface area contributed by atoms with Crippen LogP contribution >= 0.6 is 11.8 Å². The summed E-state index contributed by atoms with van der Waals surface area (Å²) >= 11 is 1.72. The third-order valence-corrected chi connectivity index (χ3v) is 6.32. The van der Waals surface area contributed by atoms with Crippen LogP contribution in [-0.4, -0.2) is 65.8 Å². The van der Waals surface area contributed by atoms with Crippen LogP contribution in [0.15, 0.2) is 29.4 Å². The Labute approximate surface area is 152 Å². The number of rotatable bonds is 2. The maximum Gasteiger partial charge on any atom is 0.240 e. The zero-order valence-corrected chi connectivity index (χ0v) is 15.5. The van der Waals surface area contributed by atoms with Gasteiger partial charge in [-0.1, -0.05) is 0 Å². The lowest BCUT2D eigenvalue weighted by Crippen LogP contribution is -2.67. The van der Waals surface area contributed by atoms with Crippen molar-refractivity contribution in [2.75, 3.05) is 44.4 Å². The van der Waals surface area contributed by atoms with Crippen LogP contribution in [0.2, 0.25) is 0 Å². The van der Waals surface area contributed by atoms with E-state index in [1.54, 1.807) is 18.1 Å². The summed E-state index contributed by atoms with van der Waals surface area (Å²) in [6, 6.07) is 6.32. The van der Waals surface area contributed by atoms with Gasteiger partial charge in [0.1, 0.15) is 17.7 Å². The van der Waals surface area contributed by atoms with E-state index < -0.39 is 0 Å². The summed E-state index contributed by atoms with van der Waals surface area (Å²) in [5.74, 6) is 1.16. The Morgan fingerprint density at radius 1 is 1.20 bits per heavy atom. The minimum absolute atomic E-state index is 0.179. The highest BCUT2D eigenvalue weighted by Crippen LogP contribution is 2.34. The molecule has 1 amide bonds. The summed E-state index contributed by atoms with van der Waals surface area (Å²) in [5.41, 5.74) is 0.609. The van der Waals surface area contributed by atoms with Crippen LogP contribution in [-0.2, 0) is 4.79 Å². The molecule has 2 fully saturated rings. The molecule has 4 rings (SSSR count). The molecule has 1 spiro atoms. The number of benzene rings is 1. The van der Waals surface area contributed by atoms with E-state index in [2.05, 4.69) is 56.6 Å². The molecule has 1 aromatic carbocycles. The molecule has 2 saturated heterocycles. The van der Waals surface area contributed by atoms with Gasteiger partial charge in [-0.25, -0.2) is 9.97 Å². The largest absolute Gasteiger partial charge is 0.356 e. The maximum atomic E-state index is 12.5. The summed E-state index contributed by atoms with van der Waals surface area (Å²) in [6.07, 6.45) is 5.36. The molecule has 0 bridgehead atoms. The monoisotopic (exact) mass is 357 g/mol. The van der Waals surface area contributed by atoms with Gasteiger partial charge in [-0.2, -0.15) is 0 Å². The molecule has 6 nitrogen and oxygen atoms in total. The van der Waals surface area contributed by atoms with Crippen molar-refractivity contribution in [1.82, 2.24) is 20.2 Å².